The summed E-state index contributed by atoms with van der Waals surface area (Å²) in [7, 11) is 0. The molecular weight excluding hydrogens is 330 g/mol. The minimum Gasteiger partial charge on any atom is -0.486 e. The number of fused-ring (bicyclic) bond motifs is 1. The maximum Gasteiger partial charge on any atom is 0.267 e. The van der Waals surface area contributed by atoms with Crippen molar-refractivity contribution >= 4 is 34.0 Å². The second-order valence-corrected chi connectivity index (χ2v) is 6.15. The molecule has 2 heterocycles. The van der Waals surface area contributed by atoms with Crippen LogP contribution in [-0.4, -0.2) is 30.0 Å². The van der Waals surface area contributed by atoms with E-state index in [2.05, 4.69) is 15.6 Å². The van der Waals surface area contributed by atoms with E-state index in [0.717, 1.165) is 11.3 Å². The summed E-state index contributed by atoms with van der Waals surface area (Å²) in [4.78, 5) is 28.5. The largest absolute Gasteiger partial charge is 0.486 e. The van der Waals surface area contributed by atoms with Gasteiger partial charge in [-0.1, -0.05) is 18.3 Å². The Bertz CT molecular complexity index is 788. The first kappa shape index (κ1) is 16.3. The van der Waals surface area contributed by atoms with Crippen molar-refractivity contribution in [3.63, 3.8) is 0 Å². The minimum absolute atomic E-state index is 0.137. The molecule has 2 N–H and O–H groups in total. The number of benzene rings is 1. The van der Waals surface area contributed by atoms with Gasteiger partial charge in [0.2, 0.25) is 5.91 Å². The number of aromatic nitrogens is 1. The van der Waals surface area contributed by atoms with Crippen LogP contribution in [0.5, 0.6) is 11.5 Å². The van der Waals surface area contributed by atoms with Gasteiger partial charge in [-0.2, -0.15) is 0 Å². The fourth-order valence-electron chi connectivity index (χ4n) is 2.18. The van der Waals surface area contributed by atoms with Gasteiger partial charge in [-0.05, 0) is 19.1 Å². The van der Waals surface area contributed by atoms with E-state index in [-0.39, 0.29) is 11.8 Å². The third-order valence-electron chi connectivity index (χ3n) is 3.37. The molecule has 0 fully saturated rings. The van der Waals surface area contributed by atoms with E-state index < -0.39 is 0 Å². The molecule has 0 atom stereocenters. The normalized spacial score (nSPS) is 12.6. The second kappa shape index (κ2) is 6.88. The van der Waals surface area contributed by atoms with Crippen molar-refractivity contribution in [2.45, 2.75) is 20.3 Å². The minimum atomic E-state index is -0.279. The summed E-state index contributed by atoms with van der Waals surface area (Å²) in [5.74, 6) is 0.856. The molecule has 0 radical (unpaired) electrons. The topological polar surface area (TPSA) is 89.6 Å². The van der Waals surface area contributed by atoms with Gasteiger partial charge < -0.3 is 20.1 Å². The first-order chi connectivity index (χ1) is 11.6. The molecule has 0 saturated carbocycles. The summed E-state index contributed by atoms with van der Waals surface area (Å²) < 4.78 is 11.0. The lowest BCUT2D eigenvalue weighted by Gasteiger charge is -2.18. The van der Waals surface area contributed by atoms with E-state index in [1.807, 2.05) is 0 Å². The third-order valence-corrected chi connectivity index (χ3v) is 4.44. The Labute approximate surface area is 143 Å². The predicted molar refractivity (Wildman–Crippen MR) is 91.2 cm³/mol. The van der Waals surface area contributed by atoms with E-state index in [1.54, 1.807) is 32.0 Å². The van der Waals surface area contributed by atoms with Crippen molar-refractivity contribution in [2.75, 3.05) is 23.8 Å². The number of aryl methyl sites for hydroxylation is 1. The van der Waals surface area contributed by atoms with Crippen LogP contribution < -0.4 is 20.1 Å². The van der Waals surface area contributed by atoms with E-state index >= 15 is 0 Å². The SMILES string of the molecule is CCC(=O)Nc1nc(C)c(C(=O)Nc2ccc3c(c2)OCCO3)s1. The summed E-state index contributed by atoms with van der Waals surface area (Å²) in [5, 5.41) is 5.90. The van der Waals surface area contributed by atoms with Gasteiger partial charge in [-0.15, -0.1) is 0 Å². The molecule has 1 aromatic carbocycles. The molecule has 1 aliphatic rings. The van der Waals surface area contributed by atoms with Gasteiger partial charge in [0, 0.05) is 18.2 Å². The molecule has 126 valence electrons. The molecular formula is C16H17N3O4S. The van der Waals surface area contributed by atoms with Gasteiger partial charge in [-0.3, -0.25) is 9.59 Å². The van der Waals surface area contributed by atoms with E-state index in [1.165, 1.54) is 0 Å². The average Bonchev–Trinajstić information content (AvgIpc) is 2.95. The van der Waals surface area contributed by atoms with Crippen LogP contribution in [0.4, 0.5) is 10.8 Å². The molecule has 3 rings (SSSR count). The van der Waals surface area contributed by atoms with Crippen molar-refractivity contribution in [3.05, 3.63) is 28.8 Å². The summed E-state index contributed by atoms with van der Waals surface area (Å²) in [5.41, 5.74) is 1.18. The molecule has 8 heteroatoms. The number of amides is 2. The second-order valence-electron chi connectivity index (χ2n) is 5.15. The fourth-order valence-corrected chi connectivity index (χ4v) is 3.06. The zero-order valence-corrected chi connectivity index (χ0v) is 14.2. The smallest absolute Gasteiger partial charge is 0.267 e. The molecule has 2 amide bonds. The number of hydrogen-bond donors (Lipinski definition) is 2. The number of carbonyl (C=O) groups excluding carboxylic acids is 2. The lowest BCUT2D eigenvalue weighted by atomic mass is 10.2. The highest BCUT2D eigenvalue weighted by Gasteiger charge is 2.18. The monoisotopic (exact) mass is 347 g/mol. The van der Waals surface area contributed by atoms with Crippen LogP contribution in [0.15, 0.2) is 18.2 Å². The molecule has 0 aliphatic carbocycles. The highest BCUT2D eigenvalue weighted by Crippen LogP contribution is 2.33. The van der Waals surface area contributed by atoms with Gasteiger partial charge >= 0.3 is 0 Å². The van der Waals surface area contributed by atoms with E-state index in [9.17, 15) is 9.59 Å². The quantitative estimate of drug-likeness (QED) is 0.888. The standard InChI is InChI=1S/C16H17N3O4S/c1-3-13(20)19-16-17-9(2)14(24-16)15(21)18-10-4-5-11-12(8-10)23-7-6-22-11/h4-5,8H,3,6-7H2,1-2H3,(H,18,21)(H,17,19,20). The highest BCUT2D eigenvalue weighted by molar-refractivity contribution is 7.17. The Morgan fingerprint density at radius 2 is 1.96 bits per heavy atom. The zero-order chi connectivity index (χ0) is 17.1. The number of anilines is 2. The summed E-state index contributed by atoms with van der Waals surface area (Å²) in [6, 6.07) is 5.24. The van der Waals surface area contributed by atoms with Crippen LogP contribution in [0.3, 0.4) is 0 Å². The van der Waals surface area contributed by atoms with Crippen LogP contribution >= 0.6 is 11.3 Å². The maximum atomic E-state index is 12.4. The van der Waals surface area contributed by atoms with Crippen LogP contribution in [-0.2, 0) is 4.79 Å². The molecule has 0 saturated heterocycles. The molecule has 1 aliphatic heterocycles. The molecule has 2 aromatic rings. The predicted octanol–water partition coefficient (Wildman–Crippen LogP) is 2.82. The number of nitrogens with zero attached hydrogens (tertiary/aromatic N) is 1. The summed E-state index contributed by atoms with van der Waals surface area (Å²) >= 11 is 1.15. The summed E-state index contributed by atoms with van der Waals surface area (Å²) in [6.45, 7) is 4.49. The van der Waals surface area contributed by atoms with E-state index in [4.69, 9.17) is 9.47 Å². The Hall–Kier alpha value is -2.61. The highest BCUT2D eigenvalue weighted by atomic mass is 32.1. The van der Waals surface area contributed by atoms with Crippen molar-refractivity contribution in [3.8, 4) is 11.5 Å². The third kappa shape index (κ3) is 3.48. The lowest BCUT2D eigenvalue weighted by Crippen LogP contribution is -2.16. The number of carbonyl (C=O) groups is 2. The van der Waals surface area contributed by atoms with Gasteiger partial charge in [0.25, 0.3) is 5.91 Å². The van der Waals surface area contributed by atoms with Crippen LogP contribution in [0.25, 0.3) is 0 Å². The number of thiazole rings is 1. The number of rotatable bonds is 4. The molecule has 0 bridgehead atoms. The lowest BCUT2D eigenvalue weighted by molar-refractivity contribution is -0.115. The van der Waals surface area contributed by atoms with Crippen molar-refractivity contribution in [1.82, 2.24) is 4.98 Å². The zero-order valence-electron chi connectivity index (χ0n) is 13.3. The van der Waals surface area contributed by atoms with Crippen molar-refractivity contribution in [2.24, 2.45) is 0 Å². The van der Waals surface area contributed by atoms with Gasteiger partial charge in [0.15, 0.2) is 16.6 Å². The van der Waals surface area contributed by atoms with Crippen molar-refractivity contribution < 1.29 is 19.1 Å². The Kier molecular flexibility index (Phi) is 4.66. The summed E-state index contributed by atoms with van der Waals surface area (Å²) in [6.07, 6.45) is 0.358. The molecule has 7 nitrogen and oxygen atoms in total. The Morgan fingerprint density at radius 1 is 1.21 bits per heavy atom. The number of nitrogens with one attached hydrogen (secondary N) is 2. The average molecular weight is 347 g/mol. The van der Waals surface area contributed by atoms with Crippen LogP contribution in [0.1, 0.15) is 28.7 Å². The van der Waals surface area contributed by atoms with Crippen LogP contribution in [0, 0.1) is 6.92 Å². The van der Waals surface area contributed by atoms with Crippen LogP contribution in [0.2, 0.25) is 0 Å². The number of hydrogen-bond acceptors (Lipinski definition) is 6. The molecule has 0 unspecified atom stereocenters. The van der Waals surface area contributed by atoms with Gasteiger partial charge in [0.05, 0.1) is 5.69 Å². The van der Waals surface area contributed by atoms with E-state index in [0.29, 0.717) is 52.5 Å². The molecule has 1 aromatic heterocycles. The maximum absolute atomic E-state index is 12.4. The molecule has 24 heavy (non-hydrogen) atoms. The molecule has 0 spiro atoms. The fraction of sp³-hybridized carbons (Fsp3) is 0.312. The Balaban J connectivity index is 1.74. The number of ether oxygens (including phenoxy) is 2. The van der Waals surface area contributed by atoms with Gasteiger partial charge in [0.1, 0.15) is 18.1 Å². The first-order valence-corrected chi connectivity index (χ1v) is 8.36. The van der Waals surface area contributed by atoms with Gasteiger partial charge in [-0.25, -0.2) is 4.98 Å². The Morgan fingerprint density at radius 3 is 2.71 bits per heavy atom. The van der Waals surface area contributed by atoms with Crippen molar-refractivity contribution in [1.29, 1.82) is 0 Å². The first-order valence-electron chi connectivity index (χ1n) is 7.55.